The first-order valence-electron chi connectivity index (χ1n) is 5.48. The molecule has 0 unspecified atom stereocenters. The van der Waals surface area contributed by atoms with Crippen LogP contribution in [0.15, 0.2) is 22.6 Å². The lowest BCUT2D eigenvalue weighted by Crippen LogP contribution is -2.26. The van der Waals surface area contributed by atoms with Crippen molar-refractivity contribution in [2.24, 2.45) is 15.9 Å². The van der Waals surface area contributed by atoms with E-state index in [9.17, 15) is 0 Å². The fourth-order valence-electron chi connectivity index (χ4n) is 1.87. The molecule has 0 bridgehead atoms. The van der Waals surface area contributed by atoms with Crippen molar-refractivity contribution in [1.29, 1.82) is 0 Å². The van der Waals surface area contributed by atoms with Gasteiger partial charge in [-0.25, -0.2) is 9.67 Å². The van der Waals surface area contributed by atoms with Crippen LogP contribution in [0.5, 0.6) is 0 Å². The van der Waals surface area contributed by atoms with Gasteiger partial charge in [-0.15, -0.1) is 10.2 Å². The highest BCUT2D eigenvalue weighted by molar-refractivity contribution is 5.89. The number of hydrogen-bond donors (Lipinski definition) is 1. The van der Waals surface area contributed by atoms with E-state index in [1.54, 1.807) is 9.36 Å². The van der Waals surface area contributed by atoms with Gasteiger partial charge in [0.1, 0.15) is 18.0 Å². The molecule has 3 heterocycles. The number of aryl methyl sites for hydroxylation is 2. The average Bonchev–Trinajstić information content (AvgIpc) is 2.84. The fraction of sp³-hybridized carbons (Fsp3) is 0.300. The Hall–Kier alpha value is -2.51. The van der Waals surface area contributed by atoms with Gasteiger partial charge in [-0.1, -0.05) is 0 Å². The van der Waals surface area contributed by atoms with Gasteiger partial charge in [0.15, 0.2) is 0 Å². The molecule has 2 aromatic heterocycles. The second kappa shape index (κ2) is 3.76. The van der Waals surface area contributed by atoms with E-state index in [1.807, 2.05) is 19.9 Å². The first-order valence-corrected chi connectivity index (χ1v) is 5.48. The summed E-state index contributed by atoms with van der Waals surface area (Å²) in [5.41, 5.74) is 7.57. The molecular weight excluding hydrogens is 232 g/mol. The molecule has 2 aromatic rings. The zero-order valence-electron chi connectivity index (χ0n) is 10.1. The molecule has 0 fully saturated rings. The Labute approximate surface area is 103 Å². The van der Waals surface area contributed by atoms with Crippen molar-refractivity contribution >= 4 is 11.8 Å². The van der Waals surface area contributed by atoms with Crippen LogP contribution in [-0.4, -0.2) is 36.3 Å². The predicted octanol–water partition coefficient (Wildman–Crippen LogP) is -0.328. The van der Waals surface area contributed by atoms with E-state index in [2.05, 4.69) is 25.4 Å². The minimum Gasteiger partial charge on any atom is -0.385 e. The lowest BCUT2D eigenvalue weighted by Gasteiger charge is -2.07. The minimum absolute atomic E-state index is 0.404. The monoisotopic (exact) mass is 244 g/mol. The Morgan fingerprint density at radius 1 is 1.22 bits per heavy atom. The minimum atomic E-state index is 0.404. The van der Waals surface area contributed by atoms with Crippen LogP contribution >= 0.6 is 0 Å². The number of nitrogens with zero attached hydrogens (tertiary/aromatic N) is 7. The number of aromatic nitrogens is 5. The van der Waals surface area contributed by atoms with Crippen molar-refractivity contribution in [2.75, 3.05) is 0 Å². The Kier molecular flexibility index (Phi) is 2.22. The maximum atomic E-state index is 5.72. The van der Waals surface area contributed by atoms with Crippen molar-refractivity contribution in [3.8, 4) is 0 Å². The molecule has 0 saturated carbocycles. The van der Waals surface area contributed by atoms with Crippen LogP contribution in [-0.2, 0) is 6.42 Å². The van der Waals surface area contributed by atoms with Crippen LogP contribution < -0.4 is 5.73 Å². The van der Waals surface area contributed by atoms with Gasteiger partial charge >= 0.3 is 0 Å². The highest BCUT2D eigenvalue weighted by atomic mass is 15.5. The lowest BCUT2D eigenvalue weighted by molar-refractivity contribution is 0.769. The summed E-state index contributed by atoms with van der Waals surface area (Å²) in [7, 11) is 0. The molecular formula is C10H12N8. The quantitative estimate of drug-likeness (QED) is 0.686. The van der Waals surface area contributed by atoms with E-state index in [4.69, 9.17) is 5.73 Å². The van der Waals surface area contributed by atoms with Crippen LogP contribution in [0.25, 0.3) is 0 Å². The normalized spacial score (nSPS) is 14.8. The van der Waals surface area contributed by atoms with Crippen LogP contribution in [0.4, 0.5) is 0 Å². The molecule has 8 heteroatoms. The van der Waals surface area contributed by atoms with E-state index in [1.165, 1.54) is 6.33 Å². The Balaban J connectivity index is 2.20. The smallest absolute Gasteiger partial charge is 0.273 e. The van der Waals surface area contributed by atoms with Crippen molar-refractivity contribution in [1.82, 2.24) is 24.5 Å². The summed E-state index contributed by atoms with van der Waals surface area (Å²) in [6.07, 6.45) is 1.89. The van der Waals surface area contributed by atoms with E-state index in [0.29, 0.717) is 24.0 Å². The zero-order chi connectivity index (χ0) is 12.7. The average molecular weight is 244 g/mol. The third kappa shape index (κ3) is 1.58. The van der Waals surface area contributed by atoms with Gasteiger partial charge in [0.05, 0.1) is 12.1 Å². The molecule has 0 atom stereocenters. The molecule has 3 rings (SSSR count). The first kappa shape index (κ1) is 10.6. The van der Waals surface area contributed by atoms with E-state index < -0.39 is 0 Å². The highest BCUT2D eigenvalue weighted by Crippen LogP contribution is 2.07. The Morgan fingerprint density at radius 3 is 2.78 bits per heavy atom. The van der Waals surface area contributed by atoms with Gasteiger partial charge in [0, 0.05) is 5.69 Å². The third-order valence-electron chi connectivity index (χ3n) is 2.61. The summed E-state index contributed by atoms with van der Waals surface area (Å²) in [6.45, 7) is 3.86. The van der Waals surface area contributed by atoms with Gasteiger partial charge < -0.3 is 5.73 Å². The summed E-state index contributed by atoms with van der Waals surface area (Å²) in [6, 6.07) is 1.96. The molecule has 92 valence electrons. The second-order valence-electron chi connectivity index (χ2n) is 4.10. The largest absolute Gasteiger partial charge is 0.385 e. The molecule has 0 aliphatic carbocycles. The van der Waals surface area contributed by atoms with E-state index >= 15 is 0 Å². The summed E-state index contributed by atoms with van der Waals surface area (Å²) >= 11 is 0. The van der Waals surface area contributed by atoms with Gasteiger partial charge in [-0.2, -0.15) is 14.9 Å². The molecule has 2 N–H and O–H groups in total. The molecule has 1 aliphatic heterocycles. The molecule has 18 heavy (non-hydrogen) atoms. The van der Waals surface area contributed by atoms with Gasteiger partial charge in [0.25, 0.3) is 5.96 Å². The summed E-state index contributed by atoms with van der Waals surface area (Å²) in [5, 5.41) is 16.6. The number of nitrogens with two attached hydrogens (primary N) is 1. The van der Waals surface area contributed by atoms with E-state index in [-0.39, 0.29) is 0 Å². The first-order chi connectivity index (χ1) is 8.65. The molecule has 0 saturated heterocycles. The van der Waals surface area contributed by atoms with Crippen LogP contribution in [0, 0.1) is 13.8 Å². The fourth-order valence-corrected chi connectivity index (χ4v) is 1.87. The summed E-state index contributed by atoms with van der Waals surface area (Å²) in [5.74, 6) is 1.58. The van der Waals surface area contributed by atoms with Gasteiger partial charge in [0.2, 0.25) is 0 Å². The van der Waals surface area contributed by atoms with Crippen LogP contribution in [0.2, 0.25) is 0 Å². The topological polar surface area (TPSA) is 99.3 Å². The van der Waals surface area contributed by atoms with Crippen molar-refractivity contribution in [3.63, 3.8) is 0 Å². The summed E-state index contributed by atoms with van der Waals surface area (Å²) in [4.78, 5) is 4.15. The van der Waals surface area contributed by atoms with Crippen LogP contribution in [0.1, 0.15) is 17.2 Å². The Bertz CT molecular complexity index is 659. The van der Waals surface area contributed by atoms with Crippen molar-refractivity contribution in [3.05, 3.63) is 29.6 Å². The molecule has 0 radical (unpaired) electrons. The van der Waals surface area contributed by atoms with E-state index in [0.717, 1.165) is 11.4 Å². The Morgan fingerprint density at radius 2 is 2.06 bits per heavy atom. The standard InChI is InChI=1S/C10H12N8/c1-6-3-7(2)17(16-6)10-15-14-8(11)4-9-12-5-13-18(9)10/h3,5H,4H2,1-2H3,(H2,11,14). The van der Waals surface area contributed by atoms with Gasteiger partial charge in [-0.05, 0) is 19.9 Å². The molecule has 0 amide bonds. The SMILES string of the molecule is Cc1cc(C)n(C2=NN=C(N)Cc3ncnn32)n1. The van der Waals surface area contributed by atoms with Crippen LogP contribution in [0.3, 0.4) is 0 Å². The number of hydrogen-bond acceptors (Lipinski definition) is 6. The maximum Gasteiger partial charge on any atom is 0.273 e. The van der Waals surface area contributed by atoms with Crippen molar-refractivity contribution in [2.45, 2.75) is 20.3 Å². The second-order valence-corrected chi connectivity index (χ2v) is 4.10. The number of fused-ring (bicyclic) bond motifs is 1. The molecule has 8 nitrogen and oxygen atoms in total. The maximum absolute atomic E-state index is 5.72. The zero-order valence-corrected chi connectivity index (χ0v) is 10.1. The highest BCUT2D eigenvalue weighted by Gasteiger charge is 2.19. The third-order valence-corrected chi connectivity index (χ3v) is 2.61. The lowest BCUT2D eigenvalue weighted by atomic mass is 10.4. The number of rotatable bonds is 0. The van der Waals surface area contributed by atoms with Crippen molar-refractivity contribution < 1.29 is 0 Å². The molecule has 0 spiro atoms. The molecule has 0 aromatic carbocycles. The number of amidine groups is 1. The predicted molar refractivity (Wildman–Crippen MR) is 65.3 cm³/mol. The molecule has 1 aliphatic rings. The summed E-state index contributed by atoms with van der Waals surface area (Å²) < 4.78 is 3.28. The van der Waals surface area contributed by atoms with Gasteiger partial charge in [-0.3, -0.25) is 0 Å².